The molecule has 2 rings (SSSR count). The number of benzene rings is 1. The maximum atomic E-state index is 12.1. The number of aliphatic carboxylic acids is 1. The second-order valence-electron chi connectivity index (χ2n) is 4.55. The molecule has 1 aromatic rings. The molecule has 0 spiro atoms. The van der Waals surface area contributed by atoms with Gasteiger partial charge in [0.25, 0.3) is 0 Å². The van der Waals surface area contributed by atoms with Crippen molar-refractivity contribution >= 4 is 16.8 Å². The number of carboxylic acids is 1. The zero-order chi connectivity index (χ0) is 12.4. The fourth-order valence-electron chi connectivity index (χ4n) is 1.94. The summed E-state index contributed by atoms with van der Waals surface area (Å²) in [4.78, 5) is 11.1. The highest BCUT2D eigenvalue weighted by Gasteiger charge is 2.40. The Bertz CT molecular complexity index is 452. The highest BCUT2D eigenvalue weighted by molar-refractivity contribution is 7.85. The quantitative estimate of drug-likeness (QED) is 0.873. The van der Waals surface area contributed by atoms with Crippen LogP contribution in [0.2, 0.25) is 0 Å². The molecule has 17 heavy (non-hydrogen) atoms. The molecule has 0 aliphatic heterocycles. The standard InChI is InChI=1S/C13H16O3S/c1-9-4-2-3-5-11(9)8-17(16)12(13(14)15)10-6-7-10/h2-5,10,12H,6-8H2,1H3,(H,14,15). The molecule has 4 heteroatoms. The molecule has 1 aromatic carbocycles. The summed E-state index contributed by atoms with van der Waals surface area (Å²) in [5.41, 5.74) is 2.05. The van der Waals surface area contributed by atoms with Crippen LogP contribution >= 0.6 is 0 Å². The second kappa shape index (κ2) is 5.00. The van der Waals surface area contributed by atoms with E-state index in [2.05, 4.69) is 0 Å². The van der Waals surface area contributed by atoms with Gasteiger partial charge in [0.1, 0.15) is 5.25 Å². The lowest BCUT2D eigenvalue weighted by Gasteiger charge is -2.12. The van der Waals surface area contributed by atoms with Gasteiger partial charge in [0.05, 0.1) is 0 Å². The van der Waals surface area contributed by atoms with Gasteiger partial charge < -0.3 is 5.11 Å². The minimum Gasteiger partial charge on any atom is -0.480 e. The van der Waals surface area contributed by atoms with E-state index in [1.807, 2.05) is 31.2 Å². The van der Waals surface area contributed by atoms with Crippen molar-refractivity contribution in [1.29, 1.82) is 0 Å². The average molecular weight is 252 g/mol. The Balaban J connectivity index is 2.10. The molecular formula is C13H16O3S. The van der Waals surface area contributed by atoms with E-state index in [1.165, 1.54) is 0 Å². The molecule has 2 unspecified atom stereocenters. The van der Waals surface area contributed by atoms with Crippen LogP contribution in [0.1, 0.15) is 24.0 Å². The third-order valence-corrected chi connectivity index (χ3v) is 4.88. The monoisotopic (exact) mass is 252 g/mol. The number of carboxylic acid groups (broad SMARTS) is 1. The maximum Gasteiger partial charge on any atom is 0.319 e. The van der Waals surface area contributed by atoms with E-state index in [0.29, 0.717) is 5.75 Å². The lowest BCUT2D eigenvalue weighted by Crippen LogP contribution is -2.28. The van der Waals surface area contributed by atoms with Gasteiger partial charge in [-0.05, 0) is 36.8 Å². The minimum absolute atomic E-state index is 0.123. The molecule has 0 saturated heterocycles. The summed E-state index contributed by atoms with van der Waals surface area (Å²) in [6.45, 7) is 1.96. The number of hydrogen-bond donors (Lipinski definition) is 1. The predicted octanol–water partition coefficient (Wildman–Crippen LogP) is 2.11. The van der Waals surface area contributed by atoms with E-state index in [1.54, 1.807) is 0 Å². The van der Waals surface area contributed by atoms with Gasteiger partial charge in [-0.3, -0.25) is 9.00 Å². The highest BCUT2D eigenvalue weighted by Crippen LogP contribution is 2.36. The van der Waals surface area contributed by atoms with Gasteiger partial charge in [0.15, 0.2) is 0 Å². The van der Waals surface area contributed by atoms with Crippen LogP contribution in [-0.2, 0) is 21.3 Å². The summed E-state index contributed by atoms with van der Waals surface area (Å²) in [6, 6.07) is 7.70. The van der Waals surface area contributed by atoms with Gasteiger partial charge in [0.2, 0.25) is 0 Å². The van der Waals surface area contributed by atoms with Crippen molar-refractivity contribution in [2.45, 2.75) is 30.8 Å². The fraction of sp³-hybridized carbons (Fsp3) is 0.462. The Kier molecular flexibility index (Phi) is 3.62. The van der Waals surface area contributed by atoms with Gasteiger partial charge >= 0.3 is 5.97 Å². The Labute approximate surface area is 103 Å². The van der Waals surface area contributed by atoms with E-state index in [9.17, 15) is 9.00 Å². The van der Waals surface area contributed by atoms with Crippen molar-refractivity contribution < 1.29 is 14.1 Å². The predicted molar refractivity (Wildman–Crippen MR) is 67.2 cm³/mol. The summed E-state index contributed by atoms with van der Waals surface area (Å²) in [7, 11) is -1.32. The normalized spacial score (nSPS) is 18.6. The third kappa shape index (κ3) is 2.94. The molecule has 1 N–H and O–H groups in total. The number of carbonyl (C=O) groups is 1. The Morgan fingerprint density at radius 1 is 1.47 bits per heavy atom. The van der Waals surface area contributed by atoms with Gasteiger partial charge in [-0.15, -0.1) is 0 Å². The molecule has 2 atom stereocenters. The summed E-state index contributed by atoms with van der Waals surface area (Å²) in [6.07, 6.45) is 1.80. The van der Waals surface area contributed by atoms with Gasteiger partial charge in [-0.25, -0.2) is 0 Å². The zero-order valence-corrected chi connectivity index (χ0v) is 10.6. The highest BCUT2D eigenvalue weighted by atomic mass is 32.2. The van der Waals surface area contributed by atoms with Gasteiger partial charge in [0, 0.05) is 16.6 Å². The van der Waals surface area contributed by atoms with Crippen LogP contribution in [0.25, 0.3) is 0 Å². The van der Waals surface area contributed by atoms with Crippen molar-refractivity contribution in [1.82, 2.24) is 0 Å². The summed E-state index contributed by atoms with van der Waals surface area (Å²) >= 11 is 0. The van der Waals surface area contributed by atoms with Crippen molar-refractivity contribution in [3.63, 3.8) is 0 Å². The molecule has 0 heterocycles. The SMILES string of the molecule is Cc1ccccc1CS(=O)C(C(=O)O)C1CC1. The largest absolute Gasteiger partial charge is 0.480 e. The van der Waals surface area contributed by atoms with Crippen LogP contribution in [0.4, 0.5) is 0 Å². The van der Waals surface area contributed by atoms with Crippen LogP contribution in [0, 0.1) is 12.8 Å². The molecule has 0 radical (unpaired) electrons. The molecule has 92 valence electrons. The number of hydrogen-bond acceptors (Lipinski definition) is 2. The number of rotatable bonds is 5. The average Bonchev–Trinajstić information content (AvgIpc) is 3.05. The van der Waals surface area contributed by atoms with E-state index < -0.39 is 22.0 Å². The first kappa shape index (κ1) is 12.3. The maximum absolute atomic E-state index is 12.1. The first-order valence-corrected chi connectivity index (χ1v) is 7.12. The molecule has 1 aliphatic carbocycles. The second-order valence-corrected chi connectivity index (χ2v) is 6.11. The van der Waals surface area contributed by atoms with E-state index in [0.717, 1.165) is 24.0 Å². The first-order valence-electron chi connectivity index (χ1n) is 5.74. The Morgan fingerprint density at radius 2 is 2.12 bits per heavy atom. The lowest BCUT2D eigenvalue weighted by molar-refractivity contribution is -0.136. The molecule has 0 bridgehead atoms. The van der Waals surface area contributed by atoms with Gasteiger partial charge in [-0.1, -0.05) is 24.3 Å². The van der Waals surface area contributed by atoms with Crippen LogP contribution in [0.15, 0.2) is 24.3 Å². The molecule has 0 amide bonds. The Hall–Kier alpha value is -1.16. The van der Waals surface area contributed by atoms with Crippen molar-refractivity contribution in [2.75, 3.05) is 0 Å². The molecule has 3 nitrogen and oxygen atoms in total. The van der Waals surface area contributed by atoms with Gasteiger partial charge in [-0.2, -0.15) is 0 Å². The third-order valence-electron chi connectivity index (χ3n) is 3.14. The van der Waals surface area contributed by atoms with E-state index in [-0.39, 0.29) is 5.92 Å². The smallest absolute Gasteiger partial charge is 0.319 e. The molecule has 0 aromatic heterocycles. The van der Waals surface area contributed by atoms with Crippen LogP contribution < -0.4 is 0 Å². The van der Waals surface area contributed by atoms with E-state index >= 15 is 0 Å². The molecule has 1 saturated carbocycles. The minimum atomic E-state index is -1.32. The van der Waals surface area contributed by atoms with Crippen molar-refractivity contribution in [2.24, 2.45) is 5.92 Å². The molecule has 1 aliphatic rings. The van der Waals surface area contributed by atoms with E-state index in [4.69, 9.17) is 5.11 Å². The Morgan fingerprint density at radius 3 is 2.65 bits per heavy atom. The van der Waals surface area contributed by atoms with Crippen molar-refractivity contribution in [3.8, 4) is 0 Å². The summed E-state index contributed by atoms with van der Waals surface area (Å²) in [5.74, 6) is -0.447. The van der Waals surface area contributed by atoms with Crippen LogP contribution in [0.5, 0.6) is 0 Å². The summed E-state index contributed by atoms with van der Waals surface area (Å²) < 4.78 is 12.1. The number of aryl methyl sites for hydroxylation is 1. The van der Waals surface area contributed by atoms with Crippen molar-refractivity contribution in [3.05, 3.63) is 35.4 Å². The molecule has 1 fully saturated rings. The zero-order valence-electron chi connectivity index (χ0n) is 9.76. The first-order chi connectivity index (χ1) is 8.09. The van der Waals surface area contributed by atoms with Crippen LogP contribution in [-0.4, -0.2) is 20.5 Å². The molecular weight excluding hydrogens is 236 g/mol. The topological polar surface area (TPSA) is 54.4 Å². The van der Waals surface area contributed by atoms with Crippen LogP contribution in [0.3, 0.4) is 0 Å². The fourth-order valence-corrected chi connectivity index (χ4v) is 3.68. The summed E-state index contributed by atoms with van der Waals surface area (Å²) in [5, 5.41) is 8.42. The lowest BCUT2D eigenvalue weighted by atomic mass is 10.1.